The Balaban J connectivity index is 1.17. The average molecular weight is 383 g/mol. The molecule has 2 unspecified atom stereocenters. The molecule has 1 aromatic heterocycles. The molecule has 2 aliphatic rings. The van der Waals surface area contributed by atoms with Gasteiger partial charge in [0, 0.05) is 36.3 Å². The molecule has 3 aromatic rings. The van der Waals surface area contributed by atoms with Crippen molar-refractivity contribution < 1.29 is 4.79 Å². The highest BCUT2D eigenvalue weighted by molar-refractivity contribution is 5.97. The molecule has 2 fully saturated rings. The lowest BCUT2D eigenvalue weighted by Gasteiger charge is -2.06. The van der Waals surface area contributed by atoms with E-state index in [2.05, 4.69) is 34.6 Å². The second kappa shape index (κ2) is 7.92. The van der Waals surface area contributed by atoms with Crippen LogP contribution in [0.2, 0.25) is 0 Å². The predicted molar refractivity (Wildman–Crippen MR) is 116 cm³/mol. The smallest absolute Gasteiger partial charge is 0.167 e. The monoisotopic (exact) mass is 382 g/mol. The van der Waals surface area contributed by atoms with Crippen molar-refractivity contribution in [1.82, 2.24) is 10.3 Å². The van der Waals surface area contributed by atoms with Crippen LogP contribution in [0.5, 0.6) is 0 Å². The second-order valence-electron chi connectivity index (χ2n) is 8.46. The van der Waals surface area contributed by atoms with E-state index in [1.807, 2.05) is 36.4 Å². The van der Waals surface area contributed by atoms with E-state index in [0.29, 0.717) is 18.4 Å². The number of ketones is 1. The minimum Gasteiger partial charge on any atom is -0.313 e. The van der Waals surface area contributed by atoms with Gasteiger partial charge in [-0.05, 0) is 66.1 Å². The quantitative estimate of drug-likeness (QED) is 0.556. The summed E-state index contributed by atoms with van der Waals surface area (Å²) in [5.41, 5.74) is 5.46. The summed E-state index contributed by atoms with van der Waals surface area (Å²) in [6.45, 7) is 1.19. The Morgan fingerprint density at radius 2 is 1.59 bits per heavy atom. The van der Waals surface area contributed by atoms with Crippen molar-refractivity contribution in [2.45, 2.75) is 37.6 Å². The topological polar surface area (TPSA) is 42.0 Å². The molecule has 2 atom stereocenters. The van der Waals surface area contributed by atoms with Crippen LogP contribution < -0.4 is 5.32 Å². The van der Waals surface area contributed by atoms with E-state index in [1.54, 1.807) is 12.4 Å². The summed E-state index contributed by atoms with van der Waals surface area (Å²) in [4.78, 5) is 16.7. The largest absolute Gasteiger partial charge is 0.313 e. The minimum atomic E-state index is 0.162. The first kappa shape index (κ1) is 18.3. The number of aromatic nitrogens is 1. The van der Waals surface area contributed by atoms with Crippen molar-refractivity contribution >= 4 is 5.78 Å². The fraction of sp³-hybridized carbons (Fsp3) is 0.308. The molecule has 2 aromatic carbocycles. The molecule has 0 radical (unpaired) electrons. The lowest BCUT2D eigenvalue weighted by atomic mass is 9.99. The third-order valence-corrected chi connectivity index (χ3v) is 6.15. The highest BCUT2D eigenvalue weighted by atomic mass is 16.1. The van der Waals surface area contributed by atoms with Crippen molar-refractivity contribution in [1.29, 1.82) is 0 Å². The second-order valence-corrected chi connectivity index (χ2v) is 8.46. The molecule has 29 heavy (non-hydrogen) atoms. The van der Waals surface area contributed by atoms with Crippen LogP contribution in [-0.2, 0) is 6.42 Å². The van der Waals surface area contributed by atoms with E-state index >= 15 is 0 Å². The van der Waals surface area contributed by atoms with Crippen LogP contribution in [0.15, 0.2) is 73.1 Å². The van der Waals surface area contributed by atoms with Crippen molar-refractivity contribution in [3.05, 3.63) is 89.7 Å². The molecular formula is C26H26N2O. The summed E-state index contributed by atoms with van der Waals surface area (Å²) in [6, 6.07) is 21.1. The zero-order chi connectivity index (χ0) is 19.6. The first-order valence-corrected chi connectivity index (χ1v) is 10.6. The van der Waals surface area contributed by atoms with Gasteiger partial charge in [0.05, 0.1) is 0 Å². The first-order valence-electron chi connectivity index (χ1n) is 10.6. The molecular weight excluding hydrogens is 356 g/mol. The molecule has 0 aliphatic heterocycles. The maximum absolute atomic E-state index is 12.7. The van der Waals surface area contributed by atoms with Gasteiger partial charge in [0.15, 0.2) is 5.78 Å². The zero-order valence-corrected chi connectivity index (χ0v) is 16.6. The third-order valence-electron chi connectivity index (χ3n) is 6.15. The van der Waals surface area contributed by atoms with Crippen molar-refractivity contribution in [2.75, 3.05) is 6.54 Å². The Morgan fingerprint density at radius 3 is 2.28 bits per heavy atom. The molecule has 1 N–H and O–H groups in total. The number of nitrogens with zero attached hydrogens (tertiary/aromatic N) is 1. The van der Waals surface area contributed by atoms with E-state index < -0.39 is 0 Å². The van der Waals surface area contributed by atoms with E-state index in [1.165, 1.54) is 31.4 Å². The van der Waals surface area contributed by atoms with Gasteiger partial charge in [-0.15, -0.1) is 0 Å². The Hall–Kier alpha value is -2.78. The van der Waals surface area contributed by atoms with Crippen molar-refractivity contribution in [2.24, 2.45) is 5.92 Å². The number of benzene rings is 2. The number of pyridine rings is 1. The van der Waals surface area contributed by atoms with Gasteiger partial charge < -0.3 is 5.32 Å². The average Bonchev–Trinajstić information content (AvgIpc) is 3.69. The highest BCUT2D eigenvalue weighted by Crippen LogP contribution is 2.41. The molecule has 0 bridgehead atoms. The Morgan fingerprint density at radius 1 is 0.897 bits per heavy atom. The van der Waals surface area contributed by atoms with Crippen LogP contribution in [0.25, 0.3) is 11.1 Å². The highest BCUT2D eigenvalue weighted by Gasteiger charge is 2.38. The Bertz CT molecular complexity index is 975. The summed E-state index contributed by atoms with van der Waals surface area (Å²) < 4.78 is 0. The number of nitrogens with one attached hydrogen (secondary N) is 1. The lowest BCUT2D eigenvalue weighted by molar-refractivity contribution is 0.0993. The zero-order valence-electron chi connectivity index (χ0n) is 16.6. The Kier molecular flexibility index (Phi) is 4.99. The molecule has 3 nitrogen and oxygen atoms in total. The van der Waals surface area contributed by atoms with Gasteiger partial charge in [0.1, 0.15) is 0 Å². The van der Waals surface area contributed by atoms with Crippen molar-refractivity contribution in [3.8, 4) is 11.1 Å². The van der Waals surface area contributed by atoms with Crippen LogP contribution in [0.1, 0.15) is 46.7 Å². The number of rotatable bonds is 8. The van der Waals surface area contributed by atoms with Crippen LogP contribution in [0, 0.1) is 5.92 Å². The van der Waals surface area contributed by atoms with Crippen LogP contribution in [-0.4, -0.2) is 23.4 Å². The number of carbonyl (C=O) groups excluding carboxylic acids is 1. The minimum absolute atomic E-state index is 0.162. The van der Waals surface area contributed by atoms with Gasteiger partial charge in [-0.2, -0.15) is 0 Å². The van der Waals surface area contributed by atoms with E-state index in [4.69, 9.17) is 0 Å². The maximum Gasteiger partial charge on any atom is 0.167 e. The standard InChI is InChI=1S/C26H26N2O/c29-26(23-9-7-20(8-10-23)21-11-13-27-14-12-21)15-18-3-5-22(6-4-18)24-16-25(24)28-17-19-1-2-19/h3-14,19,24-25,28H,1-2,15-17H2. The summed E-state index contributed by atoms with van der Waals surface area (Å²) in [5.74, 6) is 1.75. The Labute approximate surface area is 172 Å². The summed E-state index contributed by atoms with van der Waals surface area (Å²) in [6.07, 6.45) is 8.06. The van der Waals surface area contributed by atoms with E-state index in [0.717, 1.165) is 28.2 Å². The molecule has 0 saturated heterocycles. The SMILES string of the molecule is O=C(Cc1ccc(C2CC2NCC2CC2)cc1)c1ccc(-c2ccncc2)cc1. The molecule has 0 amide bonds. The maximum atomic E-state index is 12.7. The molecule has 5 rings (SSSR count). The molecule has 2 aliphatic carbocycles. The summed E-state index contributed by atoms with van der Waals surface area (Å²) >= 11 is 0. The number of hydrogen-bond donors (Lipinski definition) is 1. The molecule has 0 spiro atoms. The van der Waals surface area contributed by atoms with Crippen LogP contribution in [0.3, 0.4) is 0 Å². The molecule has 1 heterocycles. The molecule has 3 heteroatoms. The third kappa shape index (κ3) is 4.46. The molecule has 2 saturated carbocycles. The van der Waals surface area contributed by atoms with E-state index in [-0.39, 0.29) is 5.78 Å². The molecule has 146 valence electrons. The summed E-state index contributed by atoms with van der Waals surface area (Å²) in [5, 5.41) is 3.69. The summed E-state index contributed by atoms with van der Waals surface area (Å²) in [7, 11) is 0. The fourth-order valence-electron chi connectivity index (χ4n) is 3.99. The van der Waals surface area contributed by atoms with Gasteiger partial charge in [0.2, 0.25) is 0 Å². The van der Waals surface area contributed by atoms with Gasteiger partial charge >= 0.3 is 0 Å². The van der Waals surface area contributed by atoms with Crippen molar-refractivity contribution in [3.63, 3.8) is 0 Å². The predicted octanol–water partition coefficient (Wildman–Crippen LogP) is 5.03. The fourth-order valence-corrected chi connectivity index (χ4v) is 3.99. The van der Waals surface area contributed by atoms with Gasteiger partial charge in [-0.1, -0.05) is 48.5 Å². The van der Waals surface area contributed by atoms with Gasteiger partial charge in [-0.3, -0.25) is 9.78 Å². The number of hydrogen-bond acceptors (Lipinski definition) is 3. The normalized spacial score (nSPS) is 20.4. The van der Waals surface area contributed by atoms with Crippen LogP contribution in [0.4, 0.5) is 0 Å². The first-order chi connectivity index (χ1) is 14.3. The number of carbonyl (C=O) groups is 1. The van der Waals surface area contributed by atoms with Crippen LogP contribution >= 0.6 is 0 Å². The lowest BCUT2D eigenvalue weighted by Crippen LogP contribution is -2.20. The number of Topliss-reactive ketones (excluding diaryl/α,β-unsaturated/α-hetero) is 1. The van der Waals surface area contributed by atoms with Gasteiger partial charge in [0.25, 0.3) is 0 Å². The van der Waals surface area contributed by atoms with E-state index in [9.17, 15) is 4.79 Å². The van der Waals surface area contributed by atoms with Gasteiger partial charge in [-0.25, -0.2) is 0 Å².